The van der Waals surface area contributed by atoms with Crippen molar-refractivity contribution in [1.82, 2.24) is 10.6 Å². The molecule has 3 rings (SSSR count). The van der Waals surface area contributed by atoms with Crippen molar-refractivity contribution in [2.45, 2.75) is 26.0 Å². The van der Waals surface area contributed by atoms with Gasteiger partial charge in [0.2, 0.25) is 5.91 Å². The summed E-state index contributed by atoms with van der Waals surface area (Å²) in [4.78, 5) is 49.3. The second-order valence-corrected chi connectivity index (χ2v) is 8.38. The summed E-state index contributed by atoms with van der Waals surface area (Å²) in [7, 11) is 0. The van der Waals surface area contributed by atoms with E-state index in [-0.39, 0.29) is 13.0 Å². The molecule has 0 unspecified atom stereocenters. The van der Waals surface area contributed by atoms with Crippen LogP contribution >= 0.6 is 0 Å². The van der Waals surface area contributed by atoms with Crippen molar-refractivity contribution < 1.29 is 28.7 Å². The van der Waals surface area contributed by atoms with Crippen LogP contribution in [-0.2, 0) is 48.2 Å². The molecule has 0 aliphatic carbocycles. The Morgan fingerprint density at radius 3 is 1.84 bits per heavy atom. The van der Waals surface area contributed by atoms with Crippen LogP contribution in [-0.4, -0.2) is 36.9 Å². The van der Waals surface area contributed by atoms with Crippen molar-refractivity contribution in [3.63, 3.8) is 0 Å². The van der Waals surface area contributed by atoms with Crippen molar-refractivity contribution in [2.75, 3.05) is 13.2 Å². The van der Waals surface area contributed by atoms with Crippen LogP contribution in [0.1, 0.15) is 23.1 Å². The smallest absolute Gasteiger partial charge is 0.325 e. The quantitative estimate of drug-likeness (QED) is 0.348. The Morgan fingerprint density at radius 2 is 1.22 bits per heavy atom. The van der Waals surface area contributed by atoms with Gasteiger partial charge < -0.3 is 20.1 Å². The first-order valence-electron chi connectivity index (χ1n) is 12.0. The lowest BCUT2D eigenvalue weighted by Crippen LogP contribution is -2.38. The molecule has 3 aromatic rings. The summed E-state index contributed by atoms with van der Waals surface area (Å²) in [5, 5.41) is 5.17. The van der Waals surface area contributed by atoms with Crippen molar-refractivity contribution in [2.24, 2.45) is 5.92 Å². The summed E-state index contributed by atoms with van der Waals surface area (Å²) in [6.45, 7) is -0.455. The molecule has 0 aliphatic rings. The summed E-state index contributed by atoms with van der Waals surface area (Å²) in [6.07, 6.45) is 0.147. The molecule has 0 bridgehead atoms. The topological polar surface area (TPSA) is 111 Å². The Kier molecular flexibility index (Phi) is 10.9. The number of amides is 2. The zero-order valence-electron chi connectivity index (χ0n) is 20.4. The van der Waals surface area contributed by atoms with Crippen LogP contribution in [0.3, 0.4) is 0 Å². The minimum Gasteiger partial charge on any atom is -0.461 e. The molecular weight excluding hydrogens is 472 g/mol. The standard InChI is InChI=1S/C29H30N2O6/c32-26(30-18-23-12-6-2-7-13-23)21-37-28(34)19-31-29(35)25(16-22-10-4-1-5-11-22)17-27(33)36-20-24-14-8-3-9-15-24/h1-15,25H,16-21H2,(H,30,32)(H,31,35)/t25-/m1/s1. The van der Waals surface area contributed by atoms with Gasteiger partial charge in [-0.2, -0.15) is 0 Å². The number of carbonyl (C=O) groups is 4. The number of benzene rings is 3. The maximum absolute atomic E-state index is 12.9. The zero-order valence-corrected chi connectivity index (χ0v) is 20.4. The van der Waals surface area contributed by atoms with Crippen LogP contribution in [0.4, 0.5) is 0 Å². The maximum atomic E-state index is 12.9. The molecule has 8 nitrogen and oxygen atoms in total. The van der Waals surface area contributed by atoms with E-state index in [1.54, 1.807) is 0 Å². The lowest BCUT2D eigenvalue weighted by molar-refractivity contribution is -0.149. The van der Waals surface area contributed by atoms with Gasteiger partial charge in [-0.3, -0.25) is 19.2 Å². The van der Waals surface area contributed by atoms with E-state index in [2.05, 4.69) is 10.6 Å². The maximum Gasteiger partial charge on any atom is 0.325 e. The first-order valence-corrected chi connectivity index (χ1v) is 12.0. The lowest BCUT2D eigenvalue weighted by Gasteiger charge is -2.16. The number of ether oxygens (including phenoxy) is 2. The second-order valence-electron chi connectivity index (χ2n) is 8.38. The normalized spacial score (nSPS) is 11.1. The van der Waals surface area contributed by atoms with E-state index in [1.807, 2.05) is 91.0 Å². The van der Waals surface area contributed by atoms with E-state index in [1.165, 1.54) is 0 Å². The number of carbonyl (C=O) groups excluding carboxylic acids is 4. The van der Waals surface area contributed by atoms with E-state index < -0.39 is 42.8 Å². The number of hydrogen-bond donors (Lipinski definition) is 2. The third-order valence-corrected chi connectivity index (χ3v) is 5.46. The summed E-state index contributed by atoms with van der Waals surface area (Å²) in [6, 6.07) is 27.8. The first kappa shape index (κ1) is 27.1. The predicted octanol–water partition coefficient (Wildman–Crippen LogP) is 2.95. The largest absolute Gasteiger partial charge is 0.461 e. The summed E-state index contributed by atoms with van der Waals surface area (Å²) >= 11 is 0. The van der Waals surface area contributed by atoms with Crippen molar-refractivity contribution >= 4 is 23.8 Å². The van der Waals surface area contributed by atoms with Crippen molar-refractivity contribution in [3.8, 4) is 0 Å². The Labute approximate surface area is 216 Å². The van der Waals surface area contributed by atoms with Crippen LogP contribution in [0, 0.1) is 5.92 Å². The van der Waals surface area contributed by atoms with Gasteiger partial charge >= 0.3 is 11.9 Å². The molecule has 192 valence electrons. The highest BCUT2D eigenvalue weighted by Gasteiger charge is 2.24. The Hall–Kier alpha value is -4.46. The van der Waals surface area contributed by atoms with E-state index in [0.29, 0.717) is 13.0 Å². The minimum absolute atomic E-state index is 0.109. The molecular formula is C29H30N2O6. The van der Waals surface area contributed by atoms with Crippen molar-refractivity contribution in [1.29, 1.82) is 0 Å². The fourth-order valence-electron chi connectivity index (χ4n) is 3.50. The highest BCUT2D eigenvalue weighted by atomic mass is 16.5. The Balaban J connectivity index is 1.45. The van der Waals surface area contributed by atoms with Gasteiger partial charge in [-0.15, -0.1) is 0 Å². The van der Waals surface area contributed by atoms with Gasteiger partial charge in [0.15, 0.2) is 6.61 Å². The Bertz CT molecular complexity index is 1150. The monoisotopic (exact) mass is 502 g/mol. The van der Waals surface area contributed by atoms with Crippen LogP contribution in [0.25, 0.3) is 0 Å². The predicted molar refractivity (Wildman–Crippen MR) is 137 cm³/mol. The van der Waals surface area contributed by atoms with E-state index in [0.717, 1.165) is 16.7 Å². The molecule has 3 aromatic carbocycles. The molecule has 37 heavy (non-hydrogen) atoms. The molecule has 2 amide bonds. The fraction of sp³-hybridized carbons (Fsp3) is 0.241. The number of nitrogens with one attached hydrogen (secondary N) is 2. The van der Waals surface area contributed by atoms with Gasteiger partial charge in [0.1, 0.15) is 13.2 Å². The highest BCUT2D eigenvalue weighted by Crippen LogP contribution is 2.15. The molecule has 0 aliphatic heterocycles. The molecule has 1 atom stereocenters. The average molecular weight is 503 g/mol. The second kappa shape index (κ2) is 14.8. The van der Waals surface area contributed by atoms with Crippen LogP contribution in [0.5, 0.6) is 0 Å². The third kappa shape index (κ3) is 10.4. The summed E-state index contributed by atoms with van der Waals surface area (Å²) in [5.74, 6) is -2.95. The van der Waals surface area contributed by atoms with E-state index in [4.69, 9.17) is 9.47 Å². The molecule has 0 spiro atoms. The van der Waals surface area contributed by atoms with Crippen molar-refractivity contribution in [3.05, 3.63) is 108 Å². The average Bonchev–Trinajstić information content (AvgIpc) is 2.94. The molecule has 0 radical (unpaired) electrons. The SMILES string of the molecule is O=C(COC(=O)CNC(=O)[C@@H](CC(=O)OCc1ccccc1)Cc1ccccc1)NCc1ccccc1. The van der Waals surface area contributed by atoms with Gasteiger partial charge in [0.25, 0.3) is 5.91 Å². The lowest BCUT2D eigenvalue weighted by atomic mass is 9.95. The zero-order chi connectivity index (χ0) is 26.3. The first-order chi connectivity index (χ1) is 18.0. The molecule has 2 N–H and O–H groups in total. The molecule has 0 aromatic heterocycles. The summed E-state index contributed by atoms with van der Waals surface area (Å²) in [5.41, 5.74) is 2.63. The highest BCUT2D eigenvalue weighted by molar-refractivity contribution is 5.87. The fourth-order valence-corrected chi connectivity index (χ4v) is 3.50. The van der Waals surface area contributed by atoms with Gasteiger partial charge in [0, 0.05) is 6.54 Å². The molecule has 8 heteroatoms. The Morgan fingerprint density at radius 1 is 0.649 bits per heavy atom. The van der Waals surface area contributed by atoms with E-state index >= 15 is 0 Å². The van der Waals surface area contributed by atoms with Crippen LogP contribution < -0.4 is 10.6 Å². The van der Waals surface area contributed by atoms with Gasteiger partial charge in [-0.05, 0) is 23.1 Å². The minimum atomic E-state index is -0.756. The number of esters is 2. The molecule has 0 heterocycles. The molecule has 0 saturated carbocycles. The van der Waals surface area contributed by atoms with Gasteiger partial charge in [0.05, 0.1) is 12.3 Å². The number of rotatable bonds is 13. The third-order valence-electron chi connectivity index (χ3n) is 5.46. The summed E-state index contributed by atoms with van der Waals surface area (Å²) < 4.78 is 10.3. The molecule has 0 saturated heterocycles. The van der Waals surface area contributed by atoms with Crippen LogP contribution in [0.2, 0.25) is 0 Å². The van der Waals surface area contributed by atoms with Crippen LogP contribution in [0.15, 0.2) is 91.0 Å². The number of hydrogen-bond acceptors (Lipinski definition) is 6. The molecule has 0 fully saturated rings. The van der Waals surface area contributed by atoms with Gasteiger partial charge in [-0.1, -0.05) is 91.0 Å². The van der Waals surface area contributed by atoms with E-state index in [9.17, 15) is 19.2 Å². The van der Waals surface area contributed by atoms with Gasteiger partial charge in [-0.25, -0.2) is 0 Å².